The second-order valence-corrected chi connectivity index (χ2v) is 5.46. The van der Waals surface area contributed by atoms with Crippen LogP contribution in [-0.2, 0) is 6.42 Å². The van der Waals surface area contributed by atoms with Gasteiger partial charge in [0, 0.05) is 23.9 Å². The zero-order valence-corrected chi connectivity index (χ0v) is 11.9. The van der Waals surface area contributed by atoms with Crippen molar-refractivity contribution in [2.75, 3.05) is 7.05 Å². The highest BCUT2D eigenvalue weighted by Crippen LogP contribution is 2.41. The molecule has 2 aromatic rings. The second-order valence-electron chi connectivity index (χ2n) is 5.46. The van der Waals surface area contributed by atoms with Gasteiger partial charge in [-0.1, -0.05) is 12.1 Å². The summed E-state index contributed by atoms with van der Waals surface area (Å²) in [7, 11) is 1.94. The molecule has 0 aliphatic heterocycles. The number of fused-ring (bicyclic) bond motifs is 1. The molecule has 0 radical (unpaired) electrons. The van der Waals surface area contributed by atoms with Gasteiger partial charge in [0.25, 0.3) is 0 Å². The lowest BCUT2D eigenvalue weighted by Crippen LogP contribution is -2.24. The van der Waals surface area contributed by atoms with Crippen LogP contribution in [0.15, 0.2) is 36.5 Å². The van der Waals surface area contributed by atoms with Gasteiger partial charge in [-0.05, 0) is 61.7 Å². The number of aryl methyl sites for hydroxylation is 2. The molecular formula is C17H19FN2. The van der Waals surface area contributed by atoms with Gasteiger partial charge in [0.1, 0.15) is 5.82 Å². The average Bonchev–Trinajstić information content (AvgIpc) is 2.88. The van der Waals surface area contributed by atoms with Crippen LogP contribution in [0, 0.1) is 12.7 Å². The number of halogens is 1. The molecule has 0 spiro atoms. The molecule has 1 aromatic heterocycles. The summed E-state index contributed by atoms with van der Waals surface area (Å²) in [6.07, 6.45) is 3.97. The molecule has 1 N–H and O–H groups in total. The van der Waals surface area contributed by atoms with E-state index in [2.05, 4.69) is 16.4 Å². The Morgan fingerprint density at radius 2 is 2.20 bits per heavy atom. The Balaban J connectivity index is 2.01. The van der Waals surface area contributed by atoms with Crippen LogP contribution in [0.5, 0.6) is 0 Å². The van der Waals surface area contributed by atoms with E-state index in [9.17, 15) is 4.39 Å². The first kappa shape index (κ1) is 13.3. The molecule has 1 aromatic carbocycles. The lowest BCUT2D eigenvalue weighted by molar-refractivity contribution is 0.465. The third-order valence-electron chi connectivity index (χ3n) is 4.29. The number of rotatable bonds is 3. The summed E-state index contributed by atoms with van der Waals surface area (Å²) < 4.78 is 13.6. The minimum atomic E-state index is -0.176. The first-order valence-electron chi connectivity index (χ1n) is 7.08. The van der Waals surface area contributed by atoms with Gasteiger partial charge in [0.15, 0.2) is 0 Å². The maximum absolute atomic E-state index is 13.6. The Kier molecular flexibility index (Phi) is 3.53. The Morgan fingerprint density at radius 1 is 1.35 bits per heavy atom. The fraction of sp³-hybridized carbons (Fsp3) is 0.353. The van der Waals surface area contributed by atoms with E-state index in [1.54, 1.807) is 6.07 Å². The van der Waals surface area contributed by atoms with Gasteiger partial charge in [-0.25, -0.2) is 4.39 Å². The summed E-state index contributed by atoms with van der Waals surface area (Å²) >= 11 is 0. The number of pyridine rings is 1. The Labute approximate surface area is 119 Å². The van der Waals surface area contributed by atoms with Gasteiger partial charge in [-0.3, -0.25) is 4.98 Å². The molecule has 20 heavy (non-hydrogen) atoms. The number of hydrogen-bond donors (Lipinski definition) is 1. The van der Waals surface area contributed by atoms with E-state index in [0.717, 1.165) is 29.7 Å². The molecule has 3 heteroatoms. The topological polar surface area (TPSA) is 24.9 Å². The highest BCUT2D eigenvalue weighted by molar-refractivity contribution is 5.36. The van der Waals surface area contributed by atoms with Crippen molar-refractivity contribution in [3.05, 3.63) is 64.7 Å². The molecule has 0 amide bonds. The number of aromatic nitrogens is 1. The summed E-state index contributed by atoms with van der Waals surface area (Å²) in [6.45, 7) is 2.04. The molecule has 2 atom stereocenters. The third-order valence-corrected chi connectivity index (χ3v) is 4.29. The van der Waals surface area contributed by atoms with E-state index < -0.39 is 0 Å². The van der Waals surface area contributed by atoms with Crippen LogP contribution >= 0.6 is 0 Å². The third kappa shape index (κ3) is 2.22. The zero-order valence-electron chi connectivity index (χ0n) is 11.9. The highest BCUT2D eigenvalue weighted by atomic mass is 19.1. The standard InChI is InChI=1S/C17H19FN2/c1-11-5-7-13(18)10-15(11)17(19-2)14-8-6-12-4-3-9-20-16(12)14/h3-5,7,9-10,14,17,19H,6,8H2,1-2H3. The minimum Gasteiger partial charge on any atom is -0.312 e. The first-order valence-corrected chi connectivity index (χ1v) is 7.08. The van der Waals surface area contributed by atoms with E-state index in [1.807, 2.05) is 32.3 Å². The van der Waals surface area contributed by atoms with E-state index >= 15 is 0 Å². The molecule has 104 valence electrons. The summed E-state index contributed by atoms with van der Waals surface area (Å²) in [5.41, 5.74) is 4.65. The Bertz CT molecular complexity index is 624. The second kappa shape index (κ2) is 5.33. The highest BCUT2D eigenvalue weighted by Gasteiger charge is 2.31. The molecular weight excluding hydrogens is 251 g/mol. The van der Waals surface area contributed by atoms with Crippen molar-refractivity contribution >= 4 is 0 Å². The van der Waals surface area contributed by atoms with E-state index in [4.69, 9.17) is 0 Å². The molecule has 2 nitrogen and oxygen atoms in total. The van der Waals surface area contributed by atoms with Gasteiger partial charge in [-0.15, -0.1) is 0 Å². The monoisotopic (exact) mass is 270 g/mol. The lowest BCUT2D eigenvalue weighted by atomic mass is 9.88. The summed E-state index contributed by atoms with van der Waals surface area (Å²) in [4.78, 5) is 4.55. The van der Waals surface area contributed by atoms with Gasteiger partial charge in [0.2, 0.25) is 0 Å². The maximum atomic E-state index is 13.6. The fourth-order valence-electron chi connectivity index (χ4n) is 3.29. The van der Waals surface area contributed by atoms with Crippen LogP contribution in [0.1, 0.15) is 40.8 Å². The predicted molar refractivity (Wildman–Crippen MR) is 78.2 cm³/mol. The van der Waals surface area contributed by atoms with Crippen LogP contribution in [0.3, 0.4) is 0 Å². The van der Waals surface area contributed by atoms with E-state index in [-0.39, 0.29) is 11.9 Å². The first-order chi connectivity index (χ1) is 9.70. The van der Waals surface area contributed by atoms with Crippen LogP contribution in [0.2, 0.25) is 0 Å². The Hall–Kier alpha value is -1.74. The normalized spacial score (nSPS) is 18.9. The molecule has 2 unspecified atom stereocenters. The van der Waals surface area contributed by atoms with Crippen molar-refractivity contribution in [1.82, 2.24) is 10.3 Å². The zero-order chi connectivity index (χ0) is 14.1. The smallest absolute Gasteiger partial charge is 0.123 e. The van der Waals surface area contributed by atoms with Crippen LogP contribution in [0.25, 0.3) is 0 Å². The van der Waals surface area contributed by atoms with Crippen LogP contribution in [-0.4, -0.2) is 12.0 Å². The maximum Gasteiger partial charge on any atom is 0.123 e. The molecule has 0 saturated heterocycles. The van der Waals surface area contributed by atoms with Gasteiger partial charge in [0.05, 0.1) is 0 Å². The predicted octanol–water partition coefficient (Wildman–Crippen LogP) is 3.52. The van der Waals surface area contributed by atoms with Crippen molar-refractivity contribution in [3.8, 4) is 0 Å². The number of benzene rings is 1. The molecule has 1 aliphatic carbocycles. The quantitative estimate of drug-likeness (QED) is 0.923. The minimum absolute atomic E-state index is 0.113. The van der Waals surface area contributed by atoms with Gasteiger partial charge < -0.3 is 5.32 Å². The Morgan fingerprint density at radius 3 is 3.00 bits per heavy atom. The largest absolute Gasteiger partial charge is 0.312 e. The average molecular weight is 270 g/mol. The van der Waals surface area contributed by atoms with Crippen molar-refractivity contribution in [1.29, 1.82) is 0 Å². The number of likely N-dealkylation sites (N-methyl/N-ethyl adjacent to an activating group) is 1. The fourth-order valence-corrected chi connectivity index (χ4v) is 3.29. The van der Waals surface area contributed by atoms with Crippen molar-refractivity contribution < 1.29 is 4.39 Å². The summed E-state index contributed by atoms with van der Waals surface area (Å²) in [5, 5.41) is 3.36. The van der Waals surface area contributed by atoms with Crippen LogP contribution < -0.4 is 5.32 Å². The van der Waals surface area contributed by atoms with Crippen molar-refractivity contribution in [2.45, 2.75) is 31.7 Å². The summed E-state index contributed by atoms with van der Waals surface area (Å²) in [5.74, 6) is 0.141. The number of nitrogens with zero attached hydrogens (tertiary/aromatic N) is 1. The molecule has 1 aliphatic rings. The molecule has 0 fully saturated rings. The van der Waals surface area contributed by atoms with Gasteiger partial charge >= 0.3 is 0 Å². The molecule has 0 bridgehead atoms. The summed E-state index contributed by atoms with van der Waals surface area (Å²) in [6, 6.07) is 9.27. The molecule has 3 rings (SSSR count). The van der Waals surface area contributed by atoms with Crippen LogP contribution in [0.4, 0.5) is 4.39 Å². The van der Waals surface area contributed by atoms with Crippen molar-refractivity contribution in [3.63, 3.8) is 0 Å². The SMILES string of the molecule is CNC(c1cc(F)ccc1C)C1CCc2cccnc21. The number of hydrogen-bond acceptors (Lipinski definition) is 2. The van der Waals surface area contributed by atoms with E-state index in [0.29, 0.717) is 5.92 Å². The number of nitrogens with one attached hydrogen (secondary N) is 1. The lowest BCUT2D eigenvalue weighted by Gasteiger charge is -2.25. The van der Waals surface area contributed by atoms with Gasteiger partial charge in [-0.2, -0.15) is 0 Å². The molecule has 1 heterocycles. The van der Waals surface area contributed by atoms with E-state index in [1.165, 1.54) is 11.6 Å². The molecule has 0 saturated carbocycles. The van der Waals surface area contributed by atoms with Crippen molar-refractivity contribution in [2.24, 2.45) is 0 Å².